The van der Waals surface area contributed by atoms with Crippen molar-refractivity contribution in [3.8, 4) is 0 Å². The average Bonchev–Trinajstić information content (AvgIpc) is 2.41. The molecule has 1 aliphatic heterocycles. The Morgan fingerprint density at radius 3 is 2.58 bits per heavy atom. The Hall–Kier alpha value is -0.460. The molecule has 0 aliphatic carbocycles. The van der Waals surface area contributed by atoms with Crippen LogP contribution in [0.5, 0.6) is 0 Å². The number of rotatable bonds is 7. The molecule has 1 aliphatic rings. The summed E-state index contributed by atoms with van der Waals surface area (Å²) in [5.74, 6) is 1.37. The van der Waals surface area contributed by atoms with E-state index >= 15 is 0 Å². The third-order valence-electron chi connectivity index (χ3n) is 3.70. The standard InChI is InChI=1S/C13H26N2O3S/c1-4-18-12(16)13(2,14-3)6-5-7-15-8-10-19(17)11-9-15/h14H,4-11H2,1-3H3. The predicted molar refractivity (Wildman–Crippen MR) is 77.6 cm³/mol. The molecule has 1 fully saturated rings. The number of nitrogens with one attached hydrogen (secondary N) is 1. The molecule has 0 aromatic rings. The Morgan fingerprint density at radius 2 is 2.05 bits per heavy atom. The first-order valence-corrected chi connectivity index (χ1v) is 8.44. The highest BCUT2D eigenvalue weighted by molar-refractivity contribution is 7.85. The Bertz CT molecular complexity index is 315. The maximum atomic E-state index is 11.9. The van der Waals surface area contributed by atoms with Gasteiger partial charge in [-0.05, 0) is 40.3 Å². The highest BCUT2D eigenvalue weighted by Crippen LogP contribution is 2.15. The van der Waals surface area contributed by atoms with Crippen molar-refractivity contribution >= 4 is 16.8 Å². The van der Waals surface area contributed by atoms with Gasteiger partial charge in [-0.1, -0.05) is 0 Å². The van der Waals surface area contributed by atoms with E-state index in [2.05, 4.69) is 10.2 Å². The summed E-state index contributed by atoms with van der Waals surface area (Å²) in [6.45, 7) is 6.88. The van der Waals surface area contributed by atoms with E-state index in [1.54, 1.807) is 7.05 Å². The minimum Gasteiger partial charge on any atom is -0.465 e. The van der Waals surface area contributed by atoms with Crippen molar-refractivity contribution in [2.24, 2.45) is 0 Å². The summed E-state index contributed by atoms with van der Waals surface area (Å²) < 4.78 is 16.4. The zero-order chi connectivity index (χ0) is 14.3. The summed E-state index contributed by atoms with van der Waals surface area (Å²) in [6, 6.07) is 0. The van der Waals surface area contributed by atoms with Crippen molar-refractivity contribution < 1.29 is 13.7 Å². The molecular weight excluding hydrogens is 264 g/mol. The van der Waals surface area contributed by atoms with Crippen molar-refractivity contribution in [1.29, 1.82) is 0 Å². The van der Waals surface area contributed by atoms with Crippen molar-refractivity contribution in [2.45, 2.75) is 32.2 Å². The van der Waals surface area contributed by atoms with Gasteiger partial charge < -0.3 is 15.0 Å². The largest absolute Gasteiger partial charge is 0.465 e. The molecule has 1 atom stereocenters. The highest BCUT2D eigenvalue weighted by Gasteiger charge is 2.32. The monoisotopic (exact) mass is 290 g/mol. The van der Waals surface area contributed by atoms with E-state index in [4.69, 9.17) is 4.74 Å². The summed E-state index contributed by atoms with van der Waals surface area (Å²) in [7, 11) is 1.17. The molecule has 1 N–H and O–H groups in total. The molecule has 0 bridgehead atoms. The molecule has 0 saturated carbocycles. The van der Waals surface area contributed by atoms with Crippen LogP contribution in [-0.2, 0) is 20.3 Å². The van der Waals surface area contributed by atoms with Gasteiger partial charge in [0.15, 0.2) is 0 Å². The van der Waals surface area contributed by atoms with Crippen LogP contribution in [0.1, 0.15) is 26.7 Å². The first kappa shape index (κ1) is 16.6. The zero-order valence-electron chi connectivity index (χ0n) is 12.2. The van der Waals surface area contributed by atoms with Crippen LogP contribution in [0.15, 0.2) is 0 Å². The van der Waals surface area contributed by atoms with Crippen LogP contribution in [-0.4, -0.2) is 65.4 Å². The molecule has 19 heavy (non-hydrogen) atoms. The SMILES string of the molecule is CCOC(=O)C(C)(CCCN1CCS(=O)CC1)NC. The van der Waals surface area contributed by atoms with Crippen LogP contribution in [0.2, 0.25) is 0 Å². The molecule has 0 amide bonds. The van der Waals surface area contributed by atoms with Crippen LogP contribution in [0, 0.1) is 0 Å². The summed E-state index contributed by atoms with van der Waals surface area (Å²) in [4.78, 5) is 14.2. The Labute approximate surface area is 118 Å². The van der Waals surface area contributed by atoms with E-state index in [0.29, 0.717) is 6.61 Å². The molecule has 1 heterocycles. The number of esters is 1. The second-order valence-corrected chi connectivity index (χ2v) is 6.79. The third-order valence-corrected chi connectivity index (χ3v) is 4.98. The second kappa shape index (κ2) is 7.97. The summed E-state index contributed by atoms with van der Waals surface area (Å²) >= 11 is 0. The quantitative estimate of drug-likeness (QED) is 0.687. The van der Waals surface area contributed by atoms with Crippen molar-refractivity contribution in [2.75, 3.05) is 44.8 Å². The number of nitrogens with zero attached hydrogens (tertiary/aromatic N) is 1. The minimum absolute atomic E-state index is 0.183. The van der Waals surface area contributed by atoms with E-state index in [0.717, 1.165) is 44.0 Å². The molecule has 1 saturated heterocycles. The Balaban J connectivity index is 2.33. The fourth-order valence-electron chi connectivity index (χ4n) is 2.18. The Morgan fingerprint density at radius 1 is 1.42 bits per heavy atom. The van der Waals surface area contributed by atoms with E-state index in [1.807, 2.05) is 13.8 Å². The van der Waals surface area contributed by atoms with Gasteiger partial charge in [0.05, 0.1) is 6.61 Å². The molecule has 0 radical (unpaired) electrons. The molecule has 0 aromatic heterocycles. The first-order chi connectivity index (χ1) is 9.01. The van der Waals surface area contributed by atoms with Crippen molar-refractivity contribution in [1.82, 2.24) is 10.2 Å². The molecule has 6 heteroatoms. The number of hydrogen-bond acceptors (Lipinski definition) is 5. The number of carbonyl (C=O) groups excluding carboxylic acids is 1. The number of ether oxygens (including phenoxy) is 1. The summed E-state index contributed by atoms with van der Waals surface area (Å²) in [5, 5.41) is 3.07. The summed E-state index contributed by atoms with van der Waals surface area (Å²) in [6.07, 6.45) is 1.69. The van der Waals surface area contributed by atoms with Gasteiger partial charge in [-0.25, -0.2) is 0 Å². The minimum atomic E-state index is -0.623. The second-order valence-electron chi connectivity index (χ2n) is 5.10. The van der Waals surface area contributed by atoms with E-state index in [9.17, 15) is 9.00 Å². The lowest BCUT2D eigenvalue weighted by Crippen LogP contribution is -2.49. The molecule has 1 unspecified atom stereocenters. The maximum Gasteiger partial charge on any atom is 0.326 e. The van der Waals surface area contributed by atoms with Crippen LogP contribution in [0.25, 0.3) is 0 Å². The van der Waals surface area contributed by atoms with E-state index in [1.165, 1.54) is 0 Å². The average molecular weight is 290 g/mol. The lowest BCUT2D eigenvalue weighted by molar-refractivity contribution is -0.150. The van der Waals surface area contributed by atoms with Crippen molar-refractivity contribution in [3.05, 3.63) is 0 Å². The van der Waals surface area contributed by atoms with Gasteiger partial charge in [0.25, 0.3) is 0 Å². The Kier molecular flexibility index (Phi) is 6.96. The lowest BCUT2D eigenvalue weighted by atomic mass is 9.96. The predicted octanol–water partition coefficient (Wildman–Crippen LogP) is 0.372. The normalized spacial score (nSPS) is 21.0. The van der Waals surface area contributed by atoms with Gasteiger partial charge in [0.1, 0.15) is 5.54 Å². The fourth-order valence-corrected chi connectivity index (χ4v) is 3.30. The van der Waals surface area contributed by atoms with E-state index < -0.39 is 16.3 Å². The summed E-state index contributed by atoms with van der Waals surface area (Å²) in [5.41, 5.74) is -0.603. The van der Waals surface area contributed by atoms with Gasteiger partial charge in [0.2, 0.25) is 0 Å². The molecule has 1 rings (SSSR count). The van der Waals surface area contributed by atoms with Crippen LogP contribution in [0.4, 0.5) is 0 Å². The lowest BCUT2D eigenvalue weighted by Gasteiger charge is -2.30. The van der Waals surface area contributed by atoms with Gasteiger partial charge in [0, 0.05) is 35.4 Å². The molecule has 0 spiro atoms. The molecule has 0 aromatic carbocycles. The van der Waals surface area contributed by atoms with Gasteiger partial charge in [-0.2, -0.15) is 0 Å². The zero-order valence-corrected chi connectivity index (χ0v) is 13.1. The molecular formula is C13H26N2O3S. The number of likely N-dealkylation sites (N-methyl/N-ethyl adjacent to an activating group) is 1. The van der Waals surface area contributed by atoms with Crippen LogP contribution in [0.3, 0.4) is 0 Å². The smallest absolute Gasteiger partial charge is 0.326 e. The van der Waals surface area contributed by atoms with Crippen molar-refractivity contribution in [3.63, 3.8) is 0 Å². The maximum absolute atomic E-state index is 11.9. The fraction of sp³-hybridized carbons (Fsp3) is 0.923. The highest BCUT2D eigenvalue weighted by atomic mass is 32.2. The molecule has 112 valence electrons. The van der Waals surface area contributed by atoms with Gasteiger partial charge >= 0.3 is 5.97 Å². The van der Waals surface area contributed by atoms with Gasteiger partial charge in [-0.15, -0.1) is 0 Å². The third kappa shape index (κ3) is 5.20. The van der Waals surface area contributed by atoms with Crippen LogP contribution >= 0.6 is 0 Å². The number of hydrogen-bond donors (Lipinski definition) is 1. The van der Waals surface area contributed by atoms with E-state index in [-0.39, 0.29) is 5.97 Å². The topological polar surface area (TPSA) is 58.6 Å². The van der Waals surface area contributed by atoms with Gasteiger partial charge in [-0.3, -0.25) is 9.00 Å². The molecule has 5 nitrogen and oxygen atoms in total. The first-order valence-electron chi connectivity index (χ1n) is 6.95. The number of carbonyl (C=O) groups is 1. The van der Waals surface area contributed by atoms with Crippen LogP contribution < -0.4 is 5.32 Å².